The summed E-state index contributed by atoms with van der Waals surface area (Å²) in [4.78, 5) is 4.17. The Bertz CT molecular complexity index is 494. The fourth-order valence-electron chi connectivity index (χ4n) is 1.33. The fraction of sp³-hybridized carbons (Fsp3) is 0.545. The van der Waals surface area contributed by atoms with Crippen molar-refractivity contribution in [2.45, 2.75) is 33.1 Å². The maximum atomic E-state index is 5.48. The minimum atomic E-state index is -0.189. The van der Waals surface area contributed by atoms with Crippen molar-refractivity contribution in [3.8, 4) is 5.75 Å². The lowest BCUT2D eigenvalue weighted by Gasteiger charge is -2.01. The zero-order valence-electron chi connectivity index (χ0n) is 10.7. The number of nitrogens with zero attached hydrogens (tertiary/aromatic N) is 4. The van der Waals surface area contributed by atoms with E-state index in [4.69, 9.17) is 14.0 Å². The van der Waals surface area contributed by atoms with E-state index < -0.39 is 0 Å². The summed E-state index contributed by atoms with van der Waals surface area (Å²) >= 11 is 0. The highest BCUT2D eigenvalue weighted by Crippen LogP contribution is 2.14. The topological polar surface area (TPSA) is 75.2 Å². The average molecular weight is 252 g/mol. The SMILES string of the molecule is CCn1cc(OCc2nc([C@H](C)OC)no2)cn1. The van der Waals surface area contributed by atoms with Crippen molar-refractivity contribution in [2.24, 2.45) is 0 Å². The highest BCUT2D eigenvalue weighted by atomic mass is 16.5. The molecule has 0 bridgehead atoms. The number of aryl methyl sites for hydroxylation is 1. The Morgan fingerprint density at radius 1 is 1.50 bits per heavy atom. The maximum Gasteiger partial charge on any atom is 0.264 e. The number of ether oxygens (including phenoxy) is 2. The minimum Gasteiger partial charge on any atom is -0.480 e. The van der Waals surface area contributed by atoms with Gasteiger partial charge in [0.15, 0.2) is 18.2 Å². The summed E-state index contributed by atoms with van der Waals surface area (Å²) in [5.41, 5.74) is 0. The predicted octanol–water partition coefficient (Wildman–Crippen LogP) is 1.57. The van der Waals surface area contributed by atoms with Gasteiger partial charge in [-0.05, 0) is 13.8 Å². The van der Waals surface area contributed by atoms with Crippen LogP contribution < -0.4 is 4.74 Å². The zero-order chi connectivity index (χ0) is 13.0. The molecule has 1 atom stereocenters. The Kier molecular flexibility index (Phi) is 3.93. The van der Waals surface area contributed by atoms with E-state index in [1.165, 1.54) is 0 Å². The minimum absolute atomic E-state index is 0.189. The summed E-state index contributed by atoms with van der Waals surface area (Å²) in [6.07, 6.45) is 3.28. The predicted molar refractivity (Wildman–Crippen MR) is 62.0 cm³/mol. The van der Waals surface area contributed by atoms with Crippen LogP contribution in [0.3, 0.4) is 0 Å². The second-order valence-corrected chi connectivity index (χ2v) is 3.74. The van der Waals surface area contributed by atoms with Crippen molar-refractivity contribution in [1.82, 2.24) is 19.9 Å². The van der Waals surface area contributed by atoms with Crippen LogP contribution in [0.25, 0.3) is 0 Å². The van der Waals surface area contributed by atoms with E-state index in [0.717, 1.165) is 6.54 Å². The highest BCUT2D eigenvalue weighted by Gasteiger charge is 2.13. The molecule has 0 aromatic carbocycles. The van der Waals surface area contributed by atoms with Crippen molar-refractivity contribution >= 4 is 0 Å². The third-order valence-corrected chi connectivity index (χ3v) is 2.50. The van der Waals surface area contributed by atoms with Gasteiger partial charge in [0, 0.05) is 13.7 Å². The molecular formula is C11H16N4O3. The van der Waals surface area contributed by atoms with Gasteiger partial charge in [-0.25, -0.2) is 0 Å². The highest BCUT2D eigenvalue weighted by molar-refractivity contribution is 5.11. The van der Waals surface area contributed by atoms with Gasteiger partial charge in [0.05, 0.1) is 12.4 Å². The molecule has 0 aliphatic carbocycles. The number of aromatic nitrogens is 4. The molecule has 0 amide bonds. The molecule has 0 aliphatic rings. The van der Waals surface area contributed by atoms with Gasteiger partial charge in [0.2, 0.25) is 0 Å². The van der Waals surface area contributed by atoms with Gasteiger partial charge in [-0.2, -0.15) is 10.1 Å². The molecule has 0 aliphatic heterocycles. The first-order chi connectivity index (χ1) is 8.72. The van der Waals surface area contributed by atoms with E-state index in [-0.39, 0.29) is 12.7 Å². The van der Waals surface area contributed by atoms with Gasteiger partial charge in [-0.3, -0.25) is 4.68 Å². The molecule has 0 N–H and O–H groups in total. The first-order valence-electron chi connectivity index (χ1n) is 5.73. The van der Waals surface area contributed by atoms with Crippen LogP contribution in [0.1, 0.15) is 31.7 Å². The molecule has 2 aromatic heterocycles. The van der Waals surface area contributed by atoms with Crippen molar-refractivity contribution in [3.05, 3.63) is 24.1 Å². The molecule has 2 heterocycles. The molecule has 0 fully saturated rings. The van der Waals surface area contributed by atoms with Crippen LogP contribution in [-0.4, -0.2) is 27.0 Å². The average Bonchev–Trinajstić information content (AvgIpc) is 3.04. The van der Waals surface area contributed by atoms with Crippen LogP contribution in [0.5, 0.6) is 5.75 Å². The fourth-order valence-corrected chi connectivity index (χ4v) is 1.33. The van der Waals surface area contributed by atoms with Crippen LogP contribution in [0, 0.1) is 0 Å². The van der Waals surface area contributed by atoms with Gasteiger partial charge in [0.25, 0.3) is 5.89 Å². The van der Waals surface area contributed by atoms with Gasteiger partial charge in [0.1, 0.15) is 6.10 Å². The smallest absolute Gasteiger partial charge is 0.264 e. The lowest BCUT2D eigenvalue weighted by molar-refractivity contribution is 0.109. The molecule has 7 nitrogen and oxygen atoms in total. The Morgan fingerprint density at radius 2 is 2.33 bits per heavy atom. The molecule has 0 unspecified atom stereocenters. The molecule has 0 radical (unpaired) electrons. The summed E-state index contributed by atoms with van der Waals surface area (Å²) in [5.74, 6) is 1.61. The van der Waals surface area contributed by atoms with E-state index in [9.17, 15) is 0 Å². The van der Waals surface area contributed by atoms with Crippen molar-refractivity contribution in [1.29, 1.82) is 0 Å². The number of rotatable bonds is 6. The van der Waals surface area contributed by atoms with Gasteiger partial charge >= 0.3 is 0 Å². The van der Waals surface area contributed by atoms with Gasteiger partial charge < -0.3 is 14.0 Å². The summed E-state index contributed by atoms with van der Waals surface area (Å²) in [7, 11) is 1.59. The first kappa shape index (κ1) is 12.6. The monoisotopic (exact) mass is 252 g/mol. The second-order valence-electron chi connectivity index (χ2n) is 3.74. The molecule has 2 aromatic rings. The third-order valence-electron chi connectivity index (χ3n) is 2.50. The number of hydrogen-bond acceptors (Lipinski definition) is 6. The van der Waals surface area contributed by atoms with Crippen LogP contribution in [0.4, 0.5) is 0 Å². The van der Waals surface area contributed by atoms with E-state index >= 15 is 0 Å². The molecule has 7 heteroatoms. The van der Waals surface area contributed by atoms with Crippen molar-refractivity contribution in [2.75, 3.05) is 7.11 Å². The molecule has 98 valence electrons. The Labute approximate surface area is 105 Å². The number of hydrogen-bond donors (Lipinski definition) is 0. The van der Waals surface area contributed by atoms with Crippen LogP contribution >= 0.6 is 0 Å². The summed E-state index contributed by atoms with van der Waals surface area (Å²) in [6, 6.07) is 0. The zero-order valence-corrected chi connectivity index (χ0v) is 10.7. The Hall–Kier alpha value is -1.89. The first-order valence-corrected chi connectivity index (χ1v) is 5.73. The Balaban J connectivity index is 1.91. The molecule has 18 heavy (non-hydrogen) atoms. The quantitative estimate of drug-likeness (QED) is 0.776. The standard InChI is InChI=1S/C11H16N4O3/c1-4-15-6-9(5-12-15)17-7-10-13-11(14-18-10)8(2)16-3/h5-6,8H,4,7H2,1-3H3/t8-/m0/s1. The van der Waals surface area contributed by atoms with E-state index in [2.05, 4.69) is 15.2 Å². The summed E-state index contributed by atoms with van der Waals surface area (Å²) in [6.45, 7) is 4.88. The van der Waals surface area contributed by atoms with Crippen molar-refractivity contribution in [3.63, 3.8) is 0 Å². The van der Waals surface area contributed by atoms with Crippen LogP contribution in [0.15, 0.2) is 16.9 Å². The molecule has 0 saturated carbocycles. The van der Waals surface area contributed by atoms with E-state index in [1.807, 2.05) is 20.0 Å². The molecular weight excluding hydrogens is 236 g/mol. The molecule has 2 rings (SSSR count). The van der Waals surface area contributed by atoms with Gasteiger partial charge in [-0.15, -0.1) is 0 Å². The maximum absolute atomic E-state index is 5.48. The van der Waals surface area contributed by atoms with E-state index in [0.29, 0.717) is 17.5 Å². The molecule has 0 spiro atoms. The molecule has 0 saturated heterocycles. The lowest BCUT2D eigenvalue weighted by Crippen LogP contribution is -1.99. The Morgan fingerprint density at radius 3 is 3.00 bits per heavy atom. The summed E-state index contributed by atoms with van der Waals surface area (Å²) < 4.78 is 17.4. The number of methoxy groups -OCH3 is 1. The normalized spacial score (nSPS) is 12.6. The largest absolute Gasteiger partial charge is 0.480 e. The lowest BCUT2D eigenvalue weighted by atomic mass is 10.4. The van der Waals surface area contributed by atoms with Crippen molar-refractivity contribution < 1.29 is 14.0 Å². The second kappa shape index (κ2) is 5.63. The summed E-state index contributed by atoms with van der Waals surface area (Å²) in [5, 5.41) is 7.91. The van der Waals surface area contributed by atoms with Crippen LogP contribution in [0.2, 0.25) is 0 Å². The van der Waals surface area contributed by atoms with Gasteiger partial charge in [-0.1, -0.05) is 5.16 Å². The third kappa shape index (κ3) is 2.86. The van der Waals surface area contributed by atoms with E-state index in [1.54, 1.807) is 18.0 Å². The van der Waals surface area contributed by atoms with Crippen LogP contribution in [-0.2, 0) is 17.9 Å².